The third-order valence-corrected chi connectivity index (χ3v) is 3.32. The van der Waals surface area contributed by atoms with Crippen LogP contribution < -0.4 is 5.32 Å². The summed E-state index contributed by atoms with van der Waals surface area (Å²) in [5.41, 5.74) is 0. The van der Waals surface area contributed by atoms with E-state index in [0.29, 0.717) is 5.78 Å². The van der Waals surface area contributed by atoms with Crippen LogP contribution >= 0.6 is 0 Å². The van der Waals surface area contributed by atoms with Gasteiger partial charge in [-0.15, -0.1) is 0 Å². The van der Waals surface area contributed by atoms with E-state index in [1.165, 1.54) is 0 Å². The zero-order valence-corrected chi connectivity index (χ0v) is 8.63. The van der Waals surface area contributed by atoms with E-state index in [2.05, 4.69) is 5.32 Å². The molecule has 80 valence electrons. The Bertz CT molecular complexity index is 173. The predicted molar refractivity (Wildman–Crippen MR) is 54.1 cm³/mol. The minimum atomic E-state index is 0.284. The second kappa shape index (κ2) is 4.89. The molecule has 3 nitrogen and oxygen atoms in total. The highest BCUT2D eigenvalue weighted by atomic mass is 16.5. The van der Waals surface area contributed by atoms with E-state index in [9.17, 15) is 4.79 Å². The molecule has 14 heavy (non-hydrogen) atoms. The summed E-state index contributed by atoms with van der Waals surface area (Å²) >= 11 is 0. The minimum absolute atomic E-state index is 0.284. The van der Waals surface area contributed by atoms with Gasteiger partial charge in [-0.3, -0.25) is 4.79 Å². The average molecular weight is 197 g/mol. The molecule has 1 N–H and O–H groups in total. The molecule has 1 unspecified atom stereocenters. The fourth-order valence-corrected chi connectivity index (χ4v) is 2.41. The summed E-state index contributed by atoms with van der Waals surface area (Å²) in [6, 6.07) is 0. The lowest BCUT2D eigenvalue weighted by molar-refractivity contribution is -0.130. The monoisotopic (exact) mass is 197 g/mol. The molecule has 2 rings (SSSR count). The van der Waals surface area contributed by atoms with Gasteiger partial charge in [-0.25, -0.2) is 0 Å². The first kappa shape index (κ1) is 10.1. The molecule has 2 aliphatic rings. The first-order valence-corrected chi connectivity index (χ1v) is 5.70. The summed E-state index contributed by atoms with van der Waals surface area (Å²) < 4.78 is 5.27. The van der Waals surface area contributed by atoms with Crippen molar-refractivity contribution in [2.75, 3.05) is 26.3 Å². The highest BCUT2D eigenvalue weighted by molar-refractivity contribution is 5.83. The van der Waals surface area contributed by atoms with Crippen molar-refractivity contribution in [1.82, 2.24) is 5.32 Å². The zero-order chi connectivity index (χ0) is 9.80. The fourth-order valence-electron chi connectivity index (χ4n) is 2.41. The molecule has 0 radical (unpaired) electrons. The quantitative estimate of drug-likeness (QED) is 0.717. The van der Waals surface area contributed by atoms with Crippen molar-refractivity contribution in [2.45, 2.75) is 25.7 Å². The van der Waals surface area contributed by atoms with Gasteiger partial charge in [0.2, 0.25) is 0 Å². The van der Waals surface area contributed by atoms with Gasteiger partial charge in [-0.05, 0) is 32.2 Å². The van der Waals surface area contributed by atoms with E-state index in [-0.39, 0.29) is 11.8 Å². The molecule has 3 heteroatoms. The first-order chi connectivity index (χ1) is 6.88. The second-order valence-corrected chi connectivity index (χ2v) is 4.33. The molecule has 0 spiro atoms. The molecule has 0 aromatic carbocycles. The topological polar surface area (TPSA) is 38.3 Å². The number of carbonyl (C=O) groups is 1. The Balaban J connectivity index is 1.85. The summed E-state index contributed by atoms with van der Waals surface area (Å²) in [5, 5.41) is 3.30. The van der Waals surface area contributed by atoms with Gasteiger partial charge in [-0.2, -0.15) is 0 Å². The second-order valence-electron chi connectivity index (χ2n) is 4.33. The highest BCUT2D eigenvalue weighted by Crippen LogP contribution is 2.23. The standard InChI is InChI=1S/C11H19NO2/c13-11(9-3-6-14-7-4-9)10-2-1-5-12-8-10/h9-10,12H,1-8H2. The normalized spacial score (nSPS) is 30.1. The Morgan fingerprint density at radius 1 is 1.14 bits per heavy atom. The van der Waals surface area contributed by atoms with Crippen molar-refractivity contribution in [2.24, 2.45) is 11.8 Å². The van der Waals surface area contributed by atoms with E-state index < -0.39 is 0 Å². The number of nitrogens with one attached hydrogen (secondary N) is 1. The van der Waals surface area contributed by atoms with Crippen molar-refractivity contribution in [3.63, 3.8) is 0 Å². The van der Waals surface area contributed by atoms with Crippen LogP contribution in [0.2, 0.25) is 0 Å². The number of ketones is 1. The van der Waals surface area contributed by atoms with Crippen LogP contribution in [0.15, 0.2) is 0 Å². The van der Waals surface area contributed by atoms with E-state index in [0.717, 1.165) is 52.0 Å². The molecule has 2 saturated heterocycles. The Morgan fingerprint density at radius 2 is 1.93 bits per heavy atom. The van der Waals surface area contributed by atoms with Gasteiger partial charge in [0.1, 0.15) is 5.78 Å². The summed E-state index contributed by atoms with van der Waals surface area (Å²) in [5.74, 6) is 1.06. The predicted octanol–water partition coefficient (Wildman–Crippen LogP) is 0.982. The van der Waals surface area contributed by atoms with Crippen LogP contribution in [0.1, 0.15) is 25.7 Å². The molecule has 0 amide bonds. The van der Waals surface area contributed by atoms with Gasteiger partial charge >= 0.3 is 0 Å². The van der Waals surface area contributed by atoms with Crippen LogP contribution in [-0.2, 0) is 9.53 Å². The number of hydrogen-bond donors (Lipinski definition) is 1. The van der Waals surface area contributed by atoms with Crippen LogP contribution in [-0.4, -0.2) is 32.1 Å². The lowest BCUT2D eigenvalue weighted by Gasteiger charge is -2.28. The van der Waals surface area contributed by atoms with Crippen molar-refractivity contribution in [3.05, 3.63) is 0 Å². The number of ether oxygens (including phenoxy) is 1. The van der Waals surface area contributed by atoms with Crippen molar-refractivity contribution in [1.29, 1.82) is 0 Å². The minimum Gasteiger partial charge on any atom is -0.381 e. The highest BCUT2D eigenvalue weighted by Gasteiger charge is 2.29. The molecule has 2 heterocycles. The maximum absolute atomic E-state index is 12.1. The zero-order valence-electron chi connectivity index (χ0n) is 8.63. The number of Topliss-reactive ketones (excluding diaryl/α,β-unsaturated/α-hetero) is 1. The van der Waals surface area contributed by atoms with Gasteiger partial charge in [0.05, 0.1) is 0 Å². The Labute approximate surface area is 85.2 Å². The molecule has 0 aliphatic carbocycles. The van der Waals surface area contributed by atoms with Crippen LogP contribution in [0.25, 0.3) is 0 Å². The number of piperidine rings is 1. The summed E-state index contributed by atoms with van der Waals surface area (Å²) in [6.45, 7) is 3.53. The number of hydrogen-bond acceptors (Lipinski definition) is 3. The SMILES string of the molecule is O=C(C1CCOCC1)C1CCCNC1. The van der Waals surface area contributed by atoms with Crippen molar-refractivity contribution in [3.8, 4) is 0 Å². The molecule has 2 fully saturated rings. The molecule has 1 atom stereocenters. The largest absolute Gasteiger partial charge is 0.381 e. The molecular formula is C11H19NO2. The molecule has 0 aromatic heterocycles. The Morgan fingerprint density at radius 3 is 2.57 bits per heavy atom. The van der Waals surface area contributed by atoms with Crippen LogP contribution in [0.3, 0.4) is 0 Å². The maximum atomic E-state index is 12.1. The molecule has 0 saturated carbocycles. The van der Waals surface area contributed by atoms with Crippen LogP contribution in [0.5, 0.6) is 0 Å². The summed E-state index contributed by atoms with van der Waals surface area (Å²) in [6.07, 6.45) is 4.12. The van der Waals surface area contributed by atoms with E-state index >= 15 is 0 Å². The van der Waals surface area contributed by atoms with Gasteiger partial charge < -0.3 is 10.1 Å². The van der Waals surface area contributed by atoms with Crippen LogP contribution in [0.4, 0.5) is 0 Å². The maximum Gasteiger partial charge on any atom is 0.140 e. The lowest BCUT2D eigenvalue weighted by atomic mass is 9.84. The fraction of sp³-hybridized carbons (Fsp3) is 0.909. The third-order valence-electron chi connectivity index (χ3n) is 3.32. The summed E-state index contributed by atoms with van der Waals surface area (Å²) in [4.78, 5) is 12.1. The third kappa shape index (κ3) is 2.34. The number of carbonyl (C=O) groups excluding carboxylic acids is 1. The Hall–Kier alpha value is -0.410. The van der Waals surface area contributed by atoms with E-state index in [1.807, 2.05) is 0 Å². The molecule has 0 bridgehead atoms. The van der Waals surface area contributed by atoms with Gasteiger partial charge in [0, 0.05) is 31.6 Å². The lowest BCUT2D eigenvalue weighted by Crippen LogP contribution is -2.38. The van der Waals surface area contributed by atoms with E-state index in [1.54, 1.807) is 0 Å². The molecule has 0 aromatic rings. The molecule has 2 aliphatic heterocycles. The average Bonchev–Trinajstić information content (AvgIpc) is 2.30. The summed E-state index contributed by atoms with van der Waals surface area (Å²) in [7, 11) is 0. The smallest absolute Gasteiger partial charge is 0.140 e. The first-order valence-electron chi connectivity index (χ1n) is 5.70. The van der Waals surface area contributed by atoms with E-state index in [4.69, 9.17) is 4.74 Å². The van der Waals surface area contributed by atoms with Crippen molar-refractivity contribution < 1.29 is 9.53 Å². The molecular weight excluding hydrogens is 178 g/mol. The van der Waals surface area contributed by atoms with Gasteiger partial charge in [-0.1, -0.05) is 0 Å². The number of rotatable bonds is 2. The van der Waals surface area contributed by atoms with Crippen LogP contribution in [0, 0.1) is 11.8 Å². The Kier molecular flexibility index (Phi) is 3.54. The van der Waals surface area contributed by atoms with Crippen molar-refractivity contribution >= 4 is 5.78 Å². The van der Waals surface area contributed by atoms with Gasteiger partial charge in [0.15, 0.2) is 0 Å². The van der Waals surface area contributed by atoms with Gasteiger partial charge in [0.25, 0.3) is 0 Å².